The zero-order valence-corrected chi connectivity index (χ0v) is 16.8. The Labute approximate surface area is 163 Å². The van der Waals surface area contributed by atoms with Gasteiger partial charge in [-0.2, -0.15) is 0 Å². The van der Waals surface area contributed by atoms with E-state index in [2.05, 4.69) is 5.32 Å². The van der Waals surface area contributed by atoms with Crippen LogP contribution in [0.15, 0.2) is 24.3 Å². The van der Waals surface area contributed by atoms with Crippen molar-refractivity contribution >= 4 is 27.7 Å². The van der Waals surface area contributed by atoms with E-state index >= 15 is 0 Å². The van der Waals surface area contributed by atoms with Crippen LogP contribution in [-0.4, -0.2) is 74.3 Å². The summed E-state index contributed by atoms with van der Waals surface area (Å²) in [5.41, 5.74) is -0.781. The van der Waals surface area contributed by atoms with Gasteiger partial charge in [0.05, 0.1) is 18.6 Å². The van der Waals surface area contributed by atoms with Crippen molar-refractivity contribution in [2.75, 3.05) is 32.2 Å². The summed E-state index contributed by atoms with van der Waals surface area (Å²) in [7, 11) is -0.155. The van der Waals surface area contributed by atoms with Gasteiger partial charge in [0.1, 0.15) is 17.8 Å². The maximum absolute atomic E-state index is 13.0. The molecule has 3 rings (SSSR count). The molecule has 152 valence electrons. The van der Waals surface area contributed by atoms with Gasteiger partial charge in [0.25, 0.3) is 5.91 Å². The Morgan fingerprint density at radius 3 is 2.71 bits per heavy atom. The molecular formula is C18H23N3O6S. The van der Waals surface area contributed by atoms with Gasteiger partial charge < -0.3 is 15.0 Å². The summed E-state index contributed by atoms with van der Waals surface area (Å²) in [6.07, 6.45) is 0.353. The highest BCUT2D eigenvalue weighted by Gasteiger charge is 2.50. The molecule has 4 amide bonds. The highest BCUT2D eigenvalue weighted by atomic mass is 32.2. The molecule has 1 N–H and O–H groups in total. The summed E-state index contributed by atoms with van der Waals surface area (Å²) < 4.78 is 28.4. The fourth-order valence-corrected chi connectivity index (χ4v) is 5.28. The number of benzene rings is 1. The first-order chi connectivity index (χ1) is 13.1. The Hall–Kier alpha value is -2.62. The average molecular weight is 409 g/mol. The van der Waals surface area contributed by atoms with E-state index < -0.39 is 45.8 Å². The maximum atomic E-state index is 13.0. The summed E-state index contributed by atoms with van der Waals surface area (Å²) in [5, 5.41) is 2.64. The Morgan fingerprint density at radius 2 is 2.11 bits per heavy atom. The number of methoxy groups -OCH3 is 1. The number of sulfone groups is 1. The summed E-state index contributed by atoms with van der Waals surface area (Å²) >= 11 is 0. The summed E-state index contributed by atoms with van der Waals surface area (Å²) in [4.78, 5) is 40.1. The standard InChI is InChI=1S/C18H23N3O6S/c1-18(12-5-4-6-14(9-12)27-3)16(23)21(17(24)19-18)10-15(22)20(2)13-7-8-28(25,26)11-13/h4-6,9,13H,7-8,10-11H2,1-3H3,(H,19,24)/t13-,18+/m0/s1. The molecule has 2 fully saturated rings. The molecule has 2 aliphatic rings. The van der Waals surface area contributed by atoms with E-state index in [0.717, 1.165) is 4.90 Å². The maximum Gasteiger partial charge on any atom is 0.325 e. The highest BCUT2D eigenvalue weighted by molar-refractivity contribution is 7.91. The number of hydrogen-bond acceptors (Lipinski definition) is 6. The predicted octanol–water partition coefficient (Wildman–Crippen LogP) is 0.108. The minimum atomic E-state index is -3.15. The zero-order valence-electron chi connectivity index (χ0n) is 16.0. The molecule has 0 saturated carbocycles. The van der Waals surface area contributed by atoms with Crippen LogP contribution in [0.1, 0.15) is 18.9 Å². The summed E-state index contributed by atoms with van der Waals surface area (Å²) in [5.74, 6) is -0.562. The van der Waals surface area contributed by atoms with Crippen molar-refractivity contribution in [2.24, 2.45) is 0 Å². The van der Waals surface area contributed by atoms with Crippen molar-refractivity contribution in [3.63, 3.8) is 0 Å². The van der Waals surface area contributed by atoms with Crippen molar-refractivity contribution in [1.82, 2.24) is 15.1 Å². The normalized spacial score (nSPS) is 26.2. The van der Waals surface area contributed by atoms with Crippen LogP contribution in [0.5, 0.6) is 5.75 Å². The number of carbonyl (C=O) groups excluding carboxylic acids is 3. The van der Waals surface area contributed by atoms with Crippen LogP contribution >= 0.6 is 0 Å². The molecule has 9 nitrogen and oxygen atoms in total. The van der Waals surface area contributed by atoms with E-state index in [-0.39, 0.29) is 11.5 Å². The Morgan fingerprint density at radius 1 is 1.39 bits per heavy atom. The highest BCUT2D eigenvalue weighted by Crippen LogP contribution is 2.31. The van der Waals surface area contributed by atoms with Gasteiger partial charge in [-0.25, -0.2) is 13.2 Å². The predicted molar refractivity (Wildman–Crippen MR) is 100 cm³/mol. The molecule has 2 saturated heterocycles. The Balaban J connectivity index is 1.75. The number of hydrogen-bond donors (Lipinski definition) is 1. The molecule has 2 atom stereocenters. The van der Waals surface area contributed by atoms with Crippen molar-refractivity contribution < 1.29 is 27.5 Å². The molecule has 0 aromatic heterocycles. The van der Waals surface area contributed by atoms with Gasteiger partial charge >= 0.3 is 6.03 Å². The number of rotatable bonds is 5. The van der Waals surface area contributed by atoms with Gasteiger partial charge in [0.15, 0.2) is 9.84 Å². The number of ether oxygens (including phenoxy) is 1. The van der Waals surface area contributed by atoms with Gasteiger partial charge in [0.2, 0.25) is 5.91 Å². The molecule has 28 heavy (non-hydrogen) atoms. The number of carbonyl (C=O) groups is 3. The fraction of sp³-hybridized carbons (Fsp3) is 0.500. The third kappa shape index (κ3) is 3.56. The number of imide groups is 1. The van der Waals surface area contributed by atoms with Crippen LogP contribution in [0.2, 0.25) is 0 Å². The summed E-state index contributed by atoms with van der Waals surface area (Å²) in [6.45, 7) is 1.12. The van der Waals surface area contributed by atoms with E-state index in [4.69, 9.17) is 4.74 Å². The molecule has 10 heteroatoms. The minimum Gasteiger partial charge on any atom is -0.497 e. The lowest BCUT2D eigenvalue weighted by Crippen LogP contribution is -2.46. The number of amides is 4. The Bertz CT molecular complexity index is 931. The third-order valence-electron chi connectivity index (χ3n) is 5.36. The minimum absolute atomic E-state index is 0.0341. The topological polar surface area (TPSA) is 113 Å². The molecule has 0 bridgehead atoms. The van der Waals surface area contributed by atoms with E-state index in [0.29, 0.717) is 17.7 Å². The van der Waals surface area contributed by atoms with E-state index in [1.807, 2.05) is 0 Å². The van der Waals surface area contributed by atoms with Crippen LogP contribution in [0, 0.1) is 0 Å². The van der Waals surface area contributed by atoms with E-state index in [9.17, 15) is 22.8 Å². The van der Waals surface area contributed by atoms with Crippen molar-refractivity contribution in [3.05, 3.63) is 29.8 Å². The monoisotopic (exact) mass is 409 g/mol. The Kier molecular flexibility index (Phi) is 5.09. The lowest BCUT2D eigenvalue weighted by molar-refractivity contribution is -0.139. The van der Waals surface area contributed by atoms with Crippen molar-refractivity contribution in [3.8, 4) is 5.75 Å². The van der Waals surface area contributed by atoms with Gasteiger partial charge in [-0.1, -0.05) is 12.1 Å². The third-order valence-corrected chi connectivity index (χ3v) is 7.12. The lowest BCUT2D eigenvalue weighted by atomic mass is 9.92. The largest absolute Gasteiger partial charge is 0.497 e. The SMILES string of the molecule is COc1cccc([C@@]2(C)NC(=O)N(CC(=O)N(C)[C@H]3CCS(=O)(=O)C3)C2=O)c1. The molecule has 0 radical (unpaired) electrons. The first-order valence-electron chi connectivity index (χ1n) is 8.82. The van der Waals surface area contributed by atoms with Gasteiger partial charge in [0, 0.05) is 13.1 Å². The first kappa shape index (κ1) is 20.1. The van der Waals surface area contributed by atoms with Gasteiger partial charge in [-0.05, 0) is 31.0 Å². The molecule has 0 aliphatic carbocycles. The second-order valence-corrected chi connectivity index (χ2v) is 9.47. The molecule has 0 spiro atoms. The lowest BCUT2D eigenvalue weighted by Gasteiger charge is -2.26. The number of urea groups is 1. The number of likely N-dealkylation sites (N-methyl/N-ethyl adjacent to an activating group) is 1. The summed E-state index contributed by atoms with van der Waals surface area (Å²) in [6, 6.07) is 5.67. The van der Waals surface area contributed by atoms with Crippen LogP contribution in [0.3, 0.4) is 0 Å². The van der Waals surface area contributed by atoms with E-state index in [1.54, 1.807) is 31.2 Å². The first-order valence-corrected chi connectivity index (χ1v) is 10.6. The molecular weight excluding hydrogens is 386 g/mol. The van der Waals surface area contributed by atoms with Crippen LogP contribution in [-0.2, 0) is 25.0 Å². The zero-order chi connectivity index (χ0) is 20.7. The van der Waals surface area contributed by atoms with Crippen molar-refractivity contribution in [1.29, 1.82) is 0 Å². The molecule has 0 unspecified atom stereocenters. The van der Waals surface area contributed by atoms with Gasteiger partial charge in [-0.15, -0.1) is 0 Å². The molecule has 1 aromatic carbocycles. The van der Waals surface area contributed by atoms with Crippen LogP contribution in [0.25, 0.3) is 0 Å². The van der Waals surface area contributed by atoms with Gasteiger partial charge in [-0.3, -0.25) is 14.5 Å². The van der Waals surface area contributed by atoms with Crippen LogP contribution < -0.4 is 10.1 Å². The quantitative estimate of drug-likeness (QED) is 0.691. The number of nitrogens with zero attached hydrogens (tertiary/aromatic N) is 2. The van der Waals surface area contributed by atoms with Crippen molar-refractivity contribution in [2.45, 2.75) is 24.9 Å². The fourth-order valence-electron chi connectivity index (χ4n) is 3.50. The smallest absolute Gasteiger partial charge is 0.325 e. The molecule has 2 heterocycles. The average Bonchev–Trinajstić information content (AvgIpc) is 3.13. The van der Waals surface area contributed by atoms with E-state index in [1.165, 1.54) is 19.1 Å². The second-order valence-electron chi connectivity index (χ2n) is 7.24. The molecule has 2 aliphatic heterocycles. The second kappa shape index (κ2) is 7.08. The molecule has 1 aromatic rings. The van der Waals surface area contributed by atoms with Crippen LogP contribution in [0.4, 0.5) is 4.79 Å². The number of nitrogens with one attached hydrogen (secondary N) is 1.